The fraction of sp³-hybridized carbons (Fsp3) is 0.0588. The summed E-state index contributed by atoms with van der Waals surface area (Å²) in [7, 11) is 0. The van der Waals surface area contributed by atoms with Gasteiger partial charge in [-0.05, 0) is 17.7 Å². The van der Waals surface area contributed by atoms with Gasteiger partial charge in [0.2, 0.25) is 11.1 Å². The smallest absolute Gasteiger partial charge is 0.269 e. The molecule has 0 spiro atoms. The van der Waals surface area contributed by atoms with Crippen molar-refractivity contribution in [3.63, 3.8) is 0 Å². The van der Waals surface area contributed by atoms with Gasteiger partial charge in [-0.25, -0.2) is 9.97 Å². The first kappa shape index (κ1) is 16.9. The lowest BCUT2D eigenvalue weighted by molar-refractivity contribution is -0.384. The summed E-state index contributed by atoms with van der Waals surface area (Å²) in [6.07, 6.45) is 1.46. The van der Waals surface area contributed by atoms with Crippen LogP contribution in [-0.2, 0) is 5.75 Å². The highest BCUT2D eigenvalue weighted by molar-refractivity contribution is 7.98. The van der Waals surface area contributed by atoms with Gasteiger partial charge in [0.15, 0.2) is 5.82 Å². The SMILES string of the molecule is Nc1nc(SCc2ccc([N+](=O)[O-])cc2)nn1-c1ncnc2ccccc12. The molecular weight excluding hydrogens is 366 g/mol. The quantitative estimate of drug-likeness (QED) is 0.319. The normalized spacial score (nSPS) is 11.0. The molecule has 0 atom stereocenters. The molecule has 0 aliphatic heterocycles. The molecule has 2 N–H and O–H groups in total. The second kappa shape index (κ2) is 7.00. The van der Waals surface area contributed by atoms with E-state index in [0.717, 1.165) is 16.5 Å². The Balaban J connectivity index is 1.57. The number of hydrogen-bond acceptors (Lipinski definition) is 8. The minimum Gasteiger partial charge on any atom is -0.368 e. The number of nitrogens with two attached hydrogens (primary N) is 1. The molecule has 134 valence electrons. The number of anilines is 1. The Morgan fingerprint density at radius 2 is 1.89 bits per heavy atom. The Bertz CT molecular complexity index is 1120. The van der Waals surface area contributed by atoms with Gasteiger partial charge in [0.25, 0.3) is 5.69 Å². The van der Waals surface area contributed by atoms with Crippen molar-refractivity contribution in [3.8, 4) is 5.82 Å². The zero-order valence-corrected chi connectivity index (χ0v) is 14.7. The van der Waals surface area contributed by atoms with Crippen LogP contribution in [0.4, 0.5) is 11.6 Å². The van der Waals surface area contributed by atoms with Crippen LogP contribution in [0.2, 0.25) is 0 Å². The number of nitro benzene ring substituents is 1. The number of hydrogen-bond donors (Lipinski definition) is 1. The number of thioether (sulfide) groups is 1. The molecular formula is C17H13N7O2S. The van der Waals surface area contributed by atoms with Gasteiger partial charge in [0, 0.05) is 23.3 Å². The number of nitrogens with zero attached hydrogens (tertiary/aromatic N) is 6. The fourth-order valence-electron chi connectivity index (χ4n) is 2.54. The third-order valence-electron chi connectivity index (χ3n) is 3.85. The number of benzene rings is 2. The van der Waals surface area contributed by atoms with Crippen molar-refractivity contribution < 1.29 is 4.92 Å². The maximum absolute atomic E-state index is 10.7. The maximum atomic E-state index is 10.7. The molecule has 2 aromatic carbocycles. The number of aromatic nitrogens is 5. The molecule has 2 aromatic heterocycles. The first-order valence-electron chi connectivity index (χ1n) is 7.90. The van der Waals surface area contributed by atoms with Gasteiger partial charge in [-0.3, -0.25) is 10.1 Å². The fourth-order valence-corrected chi connectivity index (χ4v) is 3.33. The second-order valence-electron chi connectivity index (χ2n) is 5.59. The Kier molecular flexibility index (Phi) is 4.38. The summed E-state index contributed by atoms with van der Waals surface area (Å²) in [6, 6.07) is 14.0. The first-order valence-corrected chi connectivity index (χ1v) is 8.89. The molecule has 4 rings (SSSR count). The molecule has 10 heteroatoms. The summed E-state index contributed by atoms with van der Waals surface area (Å²) in [5.74, 6) is 1.35. The lowest BCUT2D eigenvalue weighted by Gasteiger charge is -2.04. The third kappa shape index (κ3) is 3.42. The third-order valence-corrected chi connectivity index (χ3v) is 4.76. The van der Waals surface area contributed by atoms with Crippen LogP contribution in [0, 0.1) is 10.1 Å². The predicted octanol–water partition coefficient (Wildman–Crippen LogP) is 2.99. The van der Waals surface area contributed by atoms with Crippen molar-refractivity contribution in [2.75, 3.05) is 5.73 Å². The second-order valence-corrected chi connectivity index (χ2v) is 6.53. The molecule has 0 aliphatic carbocycles. The van der Waals surface area contributed by atoms with Crippen molar-refractivity contribution in [1.29, 1.82) is 0 Å². The molecule has 0 bridgehead atoms. The zero-order chi connectivity index (χ0) is 18.8. The van der Waals surface area contributed by atoms with Crippen LogP contribution in [-0.4, -0.2) is 29.7 Å². The largest absolute Gasteiger partial charge is 0.368 e. The molecule has 0 saturated heterocycles. The number of non-ortho nitro benzene ring substituents is 1. The van der Waals surface area contributed by atoms with Crippen molar-refractivity contribution in [2.45, 2.75) is 10.9 Å². The summed E-state index contributed by atoms with van der Waals surface area (Å²) >= 11 is 1.39. The van der Waals surface area contributed by atoms with E-state index in [0.29, 0.717) is 16.7 Å². The van der Waals surface area contributed by atoms with Gasteiger partial charge in [-0.2, -0.15) is 9.67 Å². The van der Waals surface area contributed by atoms with Crippen LogP contribution in [0.5, 0.6) is 0 Å². The van der Waals surface area contributed by atoms with E-state index in [4.69, 9.17) is 5.73 Å². The molecule has 4 aromatic rings. The van der Waals surface area contributed by atoms with E-state index in [-0.39, 0.29) is 11.6 Å². The van der Waals surface area contributed by atoms with E-state index in [9.17, 15) is 10.1 Å². The van der Waals surface area contributed by atoms with Gasteiger partial charge in [-0.15, -0.1) is 5.10 Å². The Morgan fingerprint density at radius 3 is 2.67 bits per heavy atom. The van der Waals surface area contributed by atoms with Gasteiger partial charge < -0.3 is 5.73 Å². The van der Waals surface area contributed by atoms with E-state index in [1.54, 1.807) is 12.1 Å². The van der Waals surface area contributed by atoms with Crippen LogP contribution in [0.25, 0.3) is 16.7 Å². The molecule has 0 aliphatic rings. The Morgan fingerprint density at radius 1 is 1.11 bits per heavy atom. The van der Waals surface area contributed by atoms with E-state index in [2.05, 4.69) is 20.1 Å². The summed E-state index contributed by atoms with van der Waals surface area (Å²) in [5.41, 5.74) is 7.80. The maximum Gasteiger partial charge on any atom is 0.269 e. The molecule has 0 radical (unpaired) electrons. The molecule has 0 amide bonds. The predicted molar refractivity (Wildman–Crippen MR) is 102 cm³/mol. The standard InChI is InChI=1S/C17H13N7O2S/c18-16-21-17(27-9-11-5-7-12(8-6-11)24(25)26)22-23(16)15-13-3-1-2-4-14(13)19-10-20-15/h1-8,10H,9H2,(H2,18,21,22). The van der Waals surface area contributed by atoms with E-state index in [1.807, 2.05) is 24.3 Å². The summed E-state index contributed by atoms with van der Waals surface area (Å²) in [5, 5.41) is 16.5. The average molecular weight is 379 g/mol. The zero-order valence-electron chi connectivity index (χ0n) is 13.9. The van der Waals surface area contributed by atoms with Gasteiger partial charge in [0.05, 0.1) is 10.4 Å². The highest BCUT2D eigenvalue weighted by atomic mass is 32.2. The van der Waals surface area contributed by atoms with Crippen LogP contribution in [0.3, 0.4) is 0 Å². The van der Waals surface area contributed by atoms with E-state index in [1.165, 1.54) is 34.9 Å². The summed E-state index contributed by atoms with van der Waals surface area (Å²) in [4.78, 5) is 23.1. The van der Waals surface area contributed by atoms with Crippen molar-refractivity contribution in [3.05, 3.63) is 70.5 Å². The molecule has 2 heterocycles. The first-order chi connectivity index (χ1) is 13.1. The van der Waals surface area contributed by atoms with Crippen LogP contribution in [0.15, 0.2) is 60.0 Å². The number of nitrogen functional groups attached to an aromatic ring is 1. The van der Waals surface area contributed by atoms with Crippen molar-refractivity contribution >= 4 is 34.3 Å². The highest BCUT2D eigenvalue weighted by Gasteiger charge is 2.14. The van der Waals surface area contributed by atoms with Crippen molar-refractivity contribution in [2.24, 2.45) is 0 Å². The molecule has 0 fully saturated rings. The minimum atomic E-state index is -0.424. The van der Waals surface area contributed by atoms with Crippen LogP contribution in [0.1, 0.15) is 5.56 Å². The topological polar surface area (TPSA) is 126 Å². The number of fused-ring (bicyclic) bond motifs is 1. The molecule has 0 unspecified atom stereocenters. The molecule has 27 heavy (non-hydrogen) atoms. The summed E-state index contributed by atoms with van der Waals surface area (Å²) in [6.45, 7) is 0. The number of para-hydroxylation sites is 1. The van der Waals surface area contributed by atoms with Gasteiger partial charge in [0.1, 0.15) is 6.33 Å². The Labute approximate surface area is 157 Å². The lowest BCUT2D eigenvalue weighted by Crippen LogP contribution is -2.05. The molecule has 0 saturated carbocycles. The van der Waals surface area contributed by atoms with E-state index < -0.39 is 4.92 Å². The van der Waals surface area contributed by atoms with Gasteiger partial charge >= 0.3 is 0 Å². The van der Waals surface area contributed by atoms with Gasteiger partial charge in [-0.1, -0.05) is 36.0 Å². The van der Waals surface area contributed by atoms with Crippen molar-refractivity contribution in [1.82, 2.24) is 24.7 Å². The molecule has 9 nitrogen and oxygen atoms in total. The number of rotatable bonds is 5. The minimum absolute atomic E-state index is 0.0611. The van der Waals surface area contributed by atoms with Crippen LogP contribution < -0.4 is 5.73 Å². The Hall–Kier alpha value is -3.53. The monoisotopic (exact) mass is 379 g/mol. The van der Waals surface area contributed by atoms with Crippen LogP contribution >= 0.6 is 11.8 Å². The summed E-state index contributed by atoms with van der Waals surface area (Å²) < 4.78 is 1.49. The van der Waals surface area contributed by atoms with E-state index >= 15 is 0 Å². The highest BCUT2D eigenvalue weighted by Crippen LogP contribution is 2.25. The number of nitro groups is 1. The average Bonchev–Trinajstić information content (AvgIpc) is 3.06. The lowest BCUT2D eigenvalue weighted by atomic mass is 10.2.